The first-order valence-electron chi connectivity index (χ1n) is 8.07. The van der Waals surface area contributed by atoms with Crippen LogP contribution in [0.3, 0.4) is 0 Å². The van der Waals surface area contributed by atoms with Crippen LogP contribution in [0, 0.1) is 5.92 Å². The van der Waals surface area contributed by atoms with Crippen LogP contribution in [0.2, 0.25) is 0 Å². The molecule has 3 rings (SSSR count). The molecule has 1 aliphatic heterocycles. The molecule has 2 aromatic heterocycles. The topological polar surface area (TPSA) is 188 Å². The minimum absolute atomic E-state index is 0.173. The lowest BCUT2D eigenvalue weighted by molar-refractivity contribution is -0.148. The minimum Gasteiger partial charge on any atom is -0.481 e. The molecule has 1 fully saturated rings. The first kappa shape index (κ1) is 19.1. The monoisotopic (exact) mass is 382 g/mol. The smallest absolute Gasteiger partial charge is 0.307 e. The Bertz CT molecular complexity index is 855. The summed E-state index contributed by atoms with van der Waals surface area (Å²) in [6, 6.07) is 0. The van der Waals surface area contributed by atoms with Gasteiger partial charge in [-0.1, -0.05) is 0 Å². The van der Waals surface area contributed by atoms with Crippen molar-refractivity contribution in [1.29, 1.82) is 0 Å². The summed E-state index contributed by atoms with van der Waals surface area (Å²) < 4.78 is 6.78. The highest BCUT2D eigenvalue weighted by Gasteiger charge is 2.44. The number of aliphatic hydroxyl groups excluding tert-OH is 3. The number of hydrogen-bond acceptors (Lipinski definition) is 9. The van der Waals surface area contributed by atoms with Crippen molar-refractivity contribution in [3.8, 4) is 0 Å². The van der Waals surface area contributed by atoms with Crippen molar-refractivity contribution in [2.75, 3.05) is 6.61 Å². The molecule has 1 saturated heterocycles. The van der Waals surface area contributed by atoms with Crippen molar-refractivity contribution in [2.24, 2.45) is 5.92 Å². The van der Waals surface area contributed by atoms with E-state index in [0.29, 0.717) is 0 Å². The maximum atomic E-state index is 11.3. The normalized spacial score (nSPS) is 26.3. The third-order valence-corrected chi connectivity index (χ3v) is 4.44. The van der Waals surface area contributed by atoms with Crippen LogP contribution in [0.4, 0.5) is 0 Å². The van der Waals surface area contributed by atoms with Gasteiger partial charge in [0.25, 0.3) is 0 Å². The molecule has 3 heterocycles. The van der Waals surface area contributed by atoms with Crippen LogP contribution in [0.1, 0.15) is 18.3 Å². The molecule has 5 atom stereocenters. The summed E-state index contributed by atoms with van der Waals surface area (Å²) in [7, 11) is 0. The first-order chi connectivity index (χ1) is 12.8. The van der Waals surface area contributed by atoms with Crippen LogP contribution in [0.25, 0.3) is 11.2 Å². The van der Waals surface area contributed by atoms with Crippen LogP contribution in [0.5, 0.6) is 0 Å². The Kier molecular flexibility index (Phi) is 5.32. The molecule has 0 aliphatic carbocycles. The van der Waals surface area contributed by atoms with E-state index in [1.807, 2.05) is 0 Å². The molecule has 1 aliphatic rings. The lowest BCUT2D eigenvalue weighted by atomic mass is 9.99. The van der Waals surface area contributed by atoms with Gasteiger partial charge in [0.05, 0.1) is 31.0 Å². The second kappa shape index (κ2) is 7.52. The quantitative estimate of drug-likeness (QED) is 0.362. The zero-order valence-electron chi connectivity index (χ0n) is 13.9. The van der Waals surface area contributed by atoms with Gasteiger partial charge in [-0.05, 0) is 0 Å². The summed E-state index contributed by atoms with van der Waals surface area (Å²) in [4.78, 5) is 34.4. The Morgan fingerprint density at radius 1 is 1.19 bits per heavy atom. The number of imidazole rings is 1. The molecule has 0 amide bonds. The Labute approximate surface area is 151 Å². The lowest BCUT2D eigenvalue weighted by Crippen LogP contribution is -2.33. The molecular weight excluding hydrogens is 364 g/mol. The van der Waals surface area contributed by atoms with Gasteiger partial charge in [-0.25, -0.2) is 15.0 Å². The molecule has 5 N–H and O–H groups in total. The Balaban J connectivity index is 1.93. The summed E-state index contributed by atoms with van der Waals surface area (Å²) in [5.74, 6) is -3.71. The van der Waals surface area contributed by atoms with Crippen molar-refractivity contribution in [1.82, 2.24) is 19.5 Å². The fraction of sp³-hybridized carbons (Fsp3) is 0.533. The number of ether oxygens (including phenoxy) is 1. The SMILES string of the molecule is O=C(O)CC(Cc1ncnc2c1ncn2C1OC(CO)C(O)C1O)C(=O)O. The van der Waals surface area contributed by atoms with Gasteiger partial charge in [0.1, 0.15) is 30.2 Å². The van der Waals surface area contributed by atoms with Crippen molar-refractivity contribution in [2.45, 2.75) is 37.4 Å². The van der Waals surface area contributed by atoms with E-state index in [9.17, 15) is 30.0 Å². The van der Waals surface area contributed by atoms with E-state index in [-0.39, 0.29) is 23.3 Å². The summed E-state index contributed by atoms with van der Waals surface area (Å²) >= 11 is 0. The van der Waals surface area contributed by atoms with Crippen molar-refractivity contribution in [3.05, 3.63) is 18.3 Å². The van der Waals surface area contributed by atoms with Crippen molar-refractivity contribution < 1.29 is 39.9 Å². The van der Waals surface area contributed by atoms with Gasteiger partial charge in [-0.2, -0.15) is 0 Å². The average Bonchev–Trinajstić information content (AvgIpc) is 3.16. The van der Waals surface area contributed by atoms with Crippen molar-refractivity contribution >= 4 is 23.1 Å². The maximum Gasteiger partial charge on any atom is 0.307 e. The number of aliphatic carboxylic acids is 2. The second-order valence-corrected chi connectivity index (χ2v) is 6.21. The molecule has 12 nitrogen and oxygen atoms in total. The van der Waals surface area contributed by atoms with E-state index in [1.165, 1.54) is 10.9 Å². The van der Waals surface area contributed by atoms with Gasteiger partial charge in [-0.3, -0.25) is 14.2 Å². The number of fused-ring (bicyclic) bond motifs is 1. The predicted octanol–water partition coefficient (Wildman–Crippen LogP) is -1.84. The number of aliphatic hydroxyl groups is 3. The Hall–Kier alpha value is -2.67. The standard InChI is InChI=1S/C15H18N4O8/c20-3-8-11(23)12(24)14(27-8)19-5-18-10-7(16-4-17-13(10)19)1-6(15(25)26)2-9(21)22/h4-6,8,11-12,14,20,23-24H,1-3H2,(H,21,22)(H,25,26). The first-order valence-corrected chi connectivity index (χ1v) is 8.07. The maximum absolute atomic E-state index is 11.3. The highest BCUT2D eigenvalue weighted by molar-refractivity contribution is 5.79. The van der Waals surface area contributed by atoms with Crippen LogP contribution in [0.15, 0.2) is 12.7 Å². The molecule has 0 bridgehead atoms. The van der Waals surface area contributed by atoms with Gasteiger partial charge < -0.3 is 30.3 Å². The Morgan fingerprint density at radius 3 is 2.52 bits per heavy atom. The van der Waals surface area contributed by atoms with Gasteiger partial charge in [0, 0.05) is 6.42 Å². The molecule has 146 valence electrons. The van der Waals surface area contributed by atoms with Gasteiger partial charge in [-0.15, -0.1) is 0 Å². The van der Waals surface area contributed by atoms with E-state index in [2.05, 4.69) is 15.0 Å². The number of carboxylic acids is 2. The van der Waals surface area contributed by atoms with Gasteiger partial charge in [0.2, 0.25) is 0 Å². The third-order valence-electron chi connectivity index (χ3n) is 4.44. The molecule has 0 spiro atoms. The second-order valence-electron chi connectivity index (χ2n) is 6.21. The molecule has 0 saturated carbocycles. The molecule has 27 heavy (non-hydrogen) atoms. The van der Waals surface area contributed by atoms with Crippen LogP contribution in [-0.2, 0) is 20.7 Å². The number of carbonyl (C=O) groups is 2. The van der Waals surface area contributed by atoms with Gasteiger partial charge in [0.15, 0.2) is 11.9 Å². The molecule has 0 radical (unpaired) electrons. The molecular formula is C15H18N4O8. The average molecular weight is 382 g/mol. The number of aromatic nitrogens is 4. The Morgan fingerprint density at radius 2 is 1.93 bits per heavy atom. The largest absolute Gasteiger partial charge is 0.481 e. The summed E-state index contributed by atoms with van der Waals surface area (Å²) in [6.45, 7) is -0.489. The van der Waals surface area contributed by atoms with E-state index >= 15 is 0 Å². The molecule has 2 aromatic rings. The van der Waals surface area contributed by atoms with E-state index in [0.717, 1.165) is 6.33 Å². The van der Waals surface area contributed by atoms with E-state index in [4.69, 9.17) is 9.84 Å². The van der Waals surface area contributed by atoms with Gasteiger partial charge >= 0.3 is 11.9 Å². The molecule has 0 aromatic carbocycles. The fourth-order valence-corrected chi connectivity index (χ4v) is 3.04. The van der Waals surface area contributed by atoms with Crippen LogP contribution < -0.4 is 0 Å². The zero-order valence-corrected chi connectivity index (χ0v) is 13.9. The fourth-order valence-electron chi connectivity index (χ4n) is 3.04. The summed E-state index contributed by atoms with van der Waals surface area (Å²) in [5.41, 5.74) is 0.681. The summed E-state index contributed by atoms with van der Waals surface area (Å²) in [6.07, 6.45) is -2.96. The zero-order chi connectivity index (χ0) is 19.7. The number of carboxylic acid groups (broad SMARTS) is 2. The molecule has 12 heteroatoms. The van der Waals surface area contributed by atoms with E-state index < -0.39 is 55.4 Å². The number of hydrogen-bond donors (Lipinski definition) is 5. The van der Waals surface area contributed by atoms with E-state index in [1.54, 1.807) is 0 Å². The highest BCUT2D eigenvalue weighted by Crippen LogP contribution is 2.31. The van der Waals surface area contributed by atoms with Crippen LogP contribution >= 0.6 is 0 Å². The molecule has 5 unspecified atom stereocenters. The highest BCUT2D eigenvalue weighted by atomic mass is 16.6. The minimum atomic E-state index is -1.34. The summed E-state index contributed by atoms with van der Waals surface area (Å²) in [5, 5.41) is 47.3. The third kappa shape index (κ3) is 3.60. The predicted molar refractivity (Wildman–Crippen MR) is 85.4 cm³/mol. The van der Waals surface area contributed by atoms with Crippen molar-refractivity contribution in [3.63, 3.8) is 0 Å². The van der Waals surface area contributed by atoms with Crippen LogP contribution in [-0.4, -0.2) is 81.9 Å². The number of rotatable bonds is 7. The lowest BCUT2D eigenvalue weighted by Gasteiger charge is -2.16. The number of nitrogens with zero attached hydrogens (tertiary/aromatic N) is 4.